The van der Waals surface area contributed by atoms with Crippen LogP contribution in [0.5, 0.6) is 0 Å². The largest absolute Gasteiger partial charge is 0.305 e. The Morgan fingerprint density at radius 2 is 2.18 bits per heavy atom. The Kier molecular flexibility index (Phi) is 3.06. The van der Waals surface area contributed by atoms with Crippen LogP contribution in [-0.2, 0) is 4.79 Å². The minimum Gasteiger partial charge on any atom is -0.305 e. The number of hydrogen-bond acceptors (Lipinski definition) is 2. The summed E-state index contributed by atoms with van der Waals surface area (Å²) < 4.78 is 0. The Hall–Kier alpha value is -0.370. The van der Waals surface area contributed by atoms with Gasteiger partial charge < -0.3 is 5.32 Å². The summed E-state index contributed by atoms with van der Waals surface area (Å²) in [5.41, 5.74) is 0. The van der Waals surface area contributed by atoms with Gasteiger partial charge in [-0.2, -0.15) is 0 Å². The van der Waals surface area contributed by atoms with Crippen LogP contribution in [0.2, 0.25) is 0 Å². The molecule has 0 amide bonds. The molecule has 0 heterocycles. The van der Waals surface area contributed by atoms with Crippen LogP contribution < -0.4 is 5.32 Å². The molecular formula is C9H17NO. The highest BCUT2D eigenvalue weighted by Crippen LogP contribution is 2.14. The molecule has 1 saturated carbocycles. The molecule has 2 heteroatoms. The third-order valence-corrected chi connectivity index (χ3v) is 2.09. The van der Waals surface area contributed by atoms with Crippen molar-refractivity contribution in [3.05, 3.63) is 0 Å². The first-order chi connectivity index (χ1) is 5.20. The van der Waals surface area contributed by atoms with Crippen molar-refractivity contribution in [2.45, 2.75) is 51.6 Å². The Morgan fingerprint density at radius 3 is 2.73 bits per heavy atom. The number of carbonyl (C=O) groups is 1. The fourth-order valence-electron chi connectivity index (χ4n) is 1.56. The number of rotatable bonds is 2. The summed E-state index contributed by atoms with van der Waals surface area (Å²) in [6, 6.07) is 0.589. The minimum atomic E-state index is 0.156. The van der Waals surface area contributed by atoms with Gasteiger partial charge in [0.05, 0.1) is 6.04 Å². The van der Waals surface area contributed by atoms with Crippen molar-refractivity contribution in [1.82, 2.24) is 5.32 Å². The molecular weight excluding hydrogens is 138 g/mol. The smallest absolute Gasteiger partial charge is 0.149 e. The maximum atomic E-state index is 11.3. The third-order valence-electron chi connectivity index (χ3n) is 2.09. The molecule has 64 valence electrons. The van der Waals surface area contributed by atoms with Gasteiger partial charge in [-0.05, 0) is 12.8 Å². The van der Waals surface area contributed by atoms with Crippen molar-refractivity contribution in [1.29, 1.82) is 0 Å². The predicted octanol–water partition coefficient (Wildman–Crippen LogP) is 1.50. The molecule has 2 nitrogen and oxygen atoms in total. The Labute approximate surface area is 68.4 Å². The van der Waals surface area contributed by atoms with Crippen molar-refractivity contribution < 1.29 is 4.79 Å². The zero-order chi connectivity index (χ0) is 8.27. The number of ketones is 1. The van der Waals surface area contributed by atoms with Gasteiger partial charge in [-0.25, -0.2) is 0 Å². The number of hydrogen-bond donors (Lipinski definition) is 1. The lowest BCUT2D eigenvalue weighted by Gasteiger charge is -2.23. The molecule has 1 fully saturated rings. The zero-order valence-corrected chi connectivity index (χ0v) is 7.39. The van der Waals surface area contributed by atoms with E-state index in [2.05, 4.69) is 19.2 Å². The topological polar surface area (TPSA) is 29.1 Å². The second-order valence-corrected chi connectivity index (χ2v) is 3.59. The van der Waals surface area contributed by atoms with E-state index in [0.717, 1.165) is 19.3 Å². The second-order valence-electron chi connectivity index (χ2n) is 3.59. The molecule has 1 aliphatic carbocycles. The molecule has 0 aromatic heterocycles. The van der Waals surface area contributed by atoms with Gasteiger partial charge in [0.25, 0.3) is 0 Å². The van der Waals surface area contributed by atoms with Gasteiger partial charge in [0.1, 0.15) is 5.78 Å². The van der Waals surface area contributed by atoms with Gasteiger partial charge in [-0.3, -0.25) is 4.79 Å². The summed E-state index contributed by atoms with van der Waals surface area (Å²) in [6.07, 6.45) is 4.12. The van der Waals surface area contributed by atoms with Gasteiger partial charge in [0, 0.05) is 12.5 Å². The standard InChI is InChI=1S/C9H17NO/c1-7(2)10-8-5-3-4-6-9(8)11/h7-8,10H,3-6H2,1-2H3. The summed E-state index contributed by atoms with van der Waals surface area (Å²) in [6.45, 7) is 4.17. The van der Waals surface area contributed by atoms with Crippen LogP contribution in [0.3, 0.4) is 0 Å². The molecule has 0 radical (unpaired) electrons. The molecule has 0 spiro atoms. The lowest BCUT2D eigenvalue weighted by molar-refractivity contribution is -0.122. The summed E-state index contributed by atoms with van der Waals surface area (Å²) in [7, 11) is 0. The Bertz CT molecular complexity index is 142. The first-order valence-electron chi connectivity index (χ1n) is 4.49. The highest BCUT2D eigenvalue weighted by atomic mass is 16.1. The van der Waals surface area contributed by atoms with Crippen molar-refractivity contribution in [2.24, 2.45) is 0 Å². The van der Waals surface area contributed by atoms with E-state index in [0.29, 0.717) is 11.8 Å². The van der Waals surface area contributed by atoms with E-state index in [1.807, 2.05) is 0 Å². The van der Waals surface area contributed by atoms with Gasteiger partial charge in [-0.15, -0.1) is 0 Å². The fraction of sp³-hybridized carbons (Fsp3) is 0.889. The number of nitrogens with one attached hydrogen (secondary N) is 1. The van der Waals surface area contributed by atoms with Crippen molar-refractivity contribution in [3.63, 3.8) is 0 Å². The normalized spacial score (nSPS) is 26.1. The van der Waals surface area contributed by atoms with E-state index in [9.17, 15) is 4.79 Å². The lowest BCUT2D eigenvalue weighted by atomic mass is 9.94. The van der Waals surface area contributed by atoms with Gasteiger partial charge >= 0.3 is 0 Å². The monoisotopic (exact) mass is 155 g/mol. The summed E-state index contributed by atoms with van der Waals surface area (Å²) >= 11 is 0. The molecule has 1 N–H and O–H groups in total. The predicted molar refractivity (Wildman–Crippen MR) is 45.5 cm³/mol. The maximum absolute atomic E-state index is 11.3. The minimum absolute atomic E-state index is 0.156. The SMILES string of the molecule is CC(C)NC1CCCCC1=O. The average molecular weight is 155 g/mol. The van der Waals surface area contributed by atoms with Crippen molar-refractivity contribution in [3.8, 4) is 0 Å². The van der Waals surface area contributed by atoms with E-state index >= 15 is 0 Å². The van der Waals surface area contributed by atoms with Crippen LogP contribution in [0.15, 0.2) is 0 Å². The highest BCUT2D eigenvalue weighted by Gasteiger charge is 2.21. The Balaban J connectivity index is 2.36. The van der Waals surface area contributed by atoms with E-state index in [4.69, 9.17) is 0 Å². The van der Waals surface area contributed by atoms with Crippen LogP contribution >= 0.6 is 0 Å². The quantitative estimate of drug-likeness (QED) is 0.654. The number of Topliss-reactive ketones (excluding diaryl/α,β-unsaturated/α-hetero) is 1. The first kappa shape index (κ1) is 8.72. The number of carbonyl (C=O) groups excluding carboxylic acids is 1. The molecule has 1 aliphatic rings. The molecule has 11 heavy (non-hydrogen) atoms. The lowest BCUT2D eigenvalue weighted by Crippen LogP contribution is -2.42. The zero-order valence-electron chi connectivity index (χ0n) is 7.39. The van der Waals surface area contributed by atoms with E-state index in [1.54, 1.807) is 0 Å². The Morgan fingerprint density at radius 1 is 1.45 bits per heavy atom. The molecule has 0 aromatic rings. The molecule has 0 aromatic carbocycles. The molecule has 0 bridgehead atoms. The molecule has 1 atom stereocenters. The summed E-state index contributed by atoms with van der Waals surface area (Å²) in [4.78, 5) is 11.3. The maximum Gasteiger partial charge on any atom is 0.149 e. The van der Waals surface area contributed by atoms with Crippen molar-refractivity contribution in [2.75, 3.05) is 0 Å². The molecule has 1 rings (SSSR count). The fourth-order valence-corrected chi connectivity index (χ4v) is 1.56. The van der Waals surface area contributed by atoms with E-state index in [-0.39, 0.29) is 6.04 Å². The summed E-state index contributed by atoms with van der Waals surface area (Å²) in [5, 5.41) is 3.28. The highest BCUT2D eigenvalue weighted by molar-refractivity contribution is 5.84. The average Bonchev–Trinajstić information content (AvgIpc) is 1.93. The van der Waals surface area contributed by atoms with Crippen LogP contribution in [0.4, 0.5) is 0 Å². The summed E-state index contributed by atoms with van der Waals surface area (Å²) in [5.74, 6) is 0.407. The van der Waals surface area contributed by atoms with E-state index < -0.39 is 0 Å². The van der Waals surface area contributed by atoms with Gasteiger partial charge in [-0.1, -0.05) is 20.3 Å². The molecule has 0 aliphatic heterocycles. The van der Waals surface area contributed by atoms with Crippen LogP contribution in [-0.4, -0.2) is 17.9 Å². The van der Waals surface area contributed by atoms with E-state index in [1.165, 1.54) is 6.42 Å². The third kappa shape index (κ3) is 2.62. The van der Waals surface area contributed by atoms with Gasteiger partial charge in [0.15, 0.2) is 0 Å². The van der Waals surface area contributed by atoms with Crippen LogP contribution in [0.1, 0.15) is 39.5 Å². The van der Waals surface area contributed by atoms with Crippen molar-refractivity contribution >= 4 is 5.78 Å². The molecule has 1 unspecified atom stereocenters. The van der Waals surface area contributed by atoms with Gasteiger partial charge in [0.2, 0.25) is 0 Å². The first-order valence-corrected chi connectivity index (χ1v) is 4.49. The second kappa shape index (κ2) is 3.86. The van der Waals surface area contributed by atoms with Crippen LogP contribution in [0, 0.1) is 0 Å². The van der Waals surface area contributed by atoms with Crippen LogP contribution in [0.25, 0.3) is 0 Å². The molecule has 0 saturated heterocycles.